The second kappa shape index (κ2) is 5.17. The van der Waals surface area contributed by atoms with E-state index in [4.69, 9.17) is 4.74 Å². The van der Waals surface area contributed by atoms with Crippen molar-refractivity contribution < 1.29 is 9.13 Å². The van der Waals surface area contributed by atoms with Gasteiger partial charge in [0.25, 0.3) is 0 Å². The molecule has 0 fully saturated rings. The smallest absolute Gasteiger partial charge is 0.127 e. The molecule has 0 amide bonds. The maximum Gasteiger partial charge on any atom is 0.127 e. The number of halogens is 1. The standard InChI is InChI=1S/C15H17FO/c1-11(2)12-3-7-14(8-4-12)17-15-9-5-13(16)6-10-15/h3,5-7,9-11H,4,8H2,1-2H3. The van der Waals surface area contributed by atoms with E-state index in [1.807, 2.05) is 6.08 Å². The zero-order valence-corrected chi connectivity index (χ0v) is 10.2. The molecule has 2 rings (SSSR count). The van der Waals surface area contributed by atoms with Crippen LogP contribution in [0.25, 0.3) is 0 Å². The second-order valence-electron chi connectivity index (χ2n) is 4.59. The summed E-state index contributed by atoms with van der Waals surface area (Å²) in [5, 5.41) is 0. The van der Waals surface area contributed by atoms with Crippen molar-refractivity contribution in [3.63, 3.8) is 0 Å². The van der Waals surface area contributed by atoms with E-state index in [2.05, 4.69) is 19.9 Å². The first-order chi connectivity index (χ1) is 8.15. The predicted molar refractivity (Wildman–Crippen MR) is 67.3 cm³/mol. The van der Waals surface area contributed by atoms with Gasteiger partial charge < -0.3 is 4.74 Å². The Morgan fingerprint density at radius 1 is 1.06 bits per heavy atom. The lowest BCUT2D eigenvalue weighted by atomic mass is 9.94. The summed E-state index contributed by atoms with van der Waals surface area (Å²) in [5.41, 5.74) is 1.46. The fourth-order valence-corrected chi connectivity index (χ4v) is 1.85. The van der Waals surface area contributed by atoms with Gasteiger partial charge in [0.15, 0.2) is 0 Å². The fourth-order valence-electron chi connectivity index (χ4n) is 1.85. The van der Waals surface area contributed by atoms with E-state index in [1.165, 1.54) is 17.7 Å². The summed E-state index contributed by atoms with van der Waals surface area (Å²) in [5.74, 6) is 2.00. The SMILES string of the molecule is CC(C)C1=CC=C(Oc2ccc(F)cc2)CC1. The van der Waals surface area contributed by atoms with Gasteiger partial charge in [0, 0.05) is 6.42 Å². The van der Waals surface area contributed by atoms with Gasteiger partial charge in [-0.15, -0.1) is 0 Å². The van der Waals surface area contributed by atoms with Gasteiger partial charge in [-0.2, -0.15) is 0 Å². The zero-order chi connectivity index (χ0) is 12.3. The Morgan fingerprint density at radius 2 is 1.76 bits per heavy atom. The summed E-state index contributed by atoms with van der Waals surface area (Å²) in [6.07, 6.45) is 6.11. The van der Waals surface area contributed by atoms with Gasteiger partial charge in [-0.05, 0) is 42.7 Å². The van der Waals surface area contributed by atoms with Crippen LogP contribution >= 0.6 is 0 Å². The minimum atomic E-state index is -0.239. The van der Waals surface area contributed by atoms with E-state index >= 15 is 0 Å². The molecule has 0 saturated carbocycles. The third-order valence-electron chi connectivity index (χ3n) is 2.95. The maximum absolute atomic E-state index is 12.7. The van der Waals surface area contributed by atoms with Crippen LogP contribution in [0.2, 0.25) is 0 Å². The molecule has 0 atom stereocenters. The molecule has 1 aliphatic carbocycles. The van der Waals surface area contributed by atoms with Crippen molar-refractivity contribution in [1.29, 1.82) is 0 Å². The van der Waals surface area contributed by atoms with Gasteiger partial charge in [-0.25, -0.2) is 4.39 Å². The molecule has 1 aromatic rings. The highest BCUT2D eigenvalue weighted by atomic mass is 19.1. The quantitative estimate of drug-likeness (QED) is 0.747. The third-order valence-corrected chi connectivity index (χ3v) is 2.95. The van der Waals surface area contributed by atoms with E-state index in [0.29, 0.717) is 11.7 Å². The fraction of sp³-hybridized carbons (Fsp3) is 0.333. The first kappa shape index (κ1) is 11.9. The number of hydrogen-bond donors (Lipinski definition) is 0. The largest absolute Gasteiger partial charge is 0.462 e. The summed E-state index contributed by atoms with van der Waals surface area (Å²) < 4.78 is 18.4. The summed E-state index contributed by atoms with van der Waals surface area (Å²) >= 11 is 0. The molecule has 0 aliphatic heterocycles. The lowest BCUT2D eigenvalue weighted by Gasteiger charge is -2.17. The Balaban J connectivity index is 2.04. The average molecular weight is 232 g/mol. The Bertz CT molecular complexity index is 440. The molecule has 0 saturated heterocycles. The van der Waals surface area contributed by atoms with E-state index in [0.717, 1.165) is 18.6 Å². The zero-order valence-electron chi connectivity index (χ0n) is 10.2. The van der Waals surface area contributed by atoms with Gasteiger partial charge in [0.1, 0.15) is 17.3 Å². The van der Waals surface area contributed by atoms with Crippen LogP contribution in [0.4, 0.5) is 4.39 Å². The van der Waals surface area contributed by atoms with Crippen LogP contribution in [-0.2, 0) is 0 Å². The summed E-state index contributed by atoms with van der Waals surface area (Å²) in [4.78, 5) is 0. The summed E-state index contributed by atoms with van der Waals surface area (Å²) in [7, 11) is 0. The molecule has 1 aliphatic rings. The van der Waals surface area contributed by atoms with Gasteiger partial charge in [-0.3, -0.25) is 0 Å². The van der Waals surface area contributed by atoms with Crippen LogP contribution < -0.4 is 4.74 Å². The van der Waals surface area contributed by atoms with Crippen LogP contribution in [0, 0.1) is 11.7 Å². The maximum atomic E-state index is 12.7. The summed E-state index contributed by atoms with van der Waals surface area (Å²) in [6, 6.07) is 6.12. The highest BCUT2D eigenvalue weighted by molar-refractivity contribution is 5.28. The molecule has 1 nitrogen and oxygen atoms in total. The van der Waals surface area contributed by atoms with Gasteiger partial charge in [0.2, 0.25) is 0 Å². The minimum absolute atomic E-state index is 0.239. The second-order valence-corrected chi connectivity index (χ2v) is 4.59. The molecular formula is C15H17FO. The van der Waals surface area contributed by atoms with E-state index in [1.54, 1.807) is 12.1 Å². The molecule has 2 heteroatoms. The Hall–Kier alpha value is -1.57. The topological polar surface area (TPSA) is 9.23 Å². The molecule has 0 heterocycles. The average Bonchev–Trinajstić information content (AvgIpc) is 2.33. The first-order valence-electron chi connectivity index (χ1n) is 5.98. The summed E-state index contributed by atoms with van der Waals surface area (Å²) in [6.45, 7) is 4.40. The van der Waals surface area contributed by atoms with Crippen LogP contribution in [-0.4, -0.2) is 0 Å². The monoisotopic (exact) mass is 232 g/mol. The van der Waals surface area contributed by atoms with Crippen molar-refractivity contribution in [1.82, 2.24) is 0 Å². The van der Waals surface area contributed by atoms with Crippen LogP contribution in [0.3, 0.4) is 0 Å². The Labute approximate surface area is 102 Å². The highest BCUT2D eigenvalue weighted by Gasteiger charge is 2.10. The van der Waals surface area contributed by atoms with Gasteiger partial charge in [0.05, 0.1) is 0 Å². The van der Waals surface area contributed by atoms with Crippen LogP contribution in [0.1, 0.15) is 26.7 Å². The molecule has 0 radical (unpaired) electrons. The number of ether oxygens (including phenoxy) is 1. The number of allylic oxidation sites excluding steroid dienone is 4. The Morgan fingerprint density at radius 3 is 2.29 bits per heavy atom. The van der Waals surface area contributed by atoms with E-state index < -0.39 is 0 Å². The molecule has 0 N–H and O–H groups in total. The predicted octanol–water partition coefficient (Wildman–Crippen LogP) is 4.46. The first-order valence-corrected chi connectivity index (χ1v) is 5.98. The van der Waals surface area contributed by atoms with E-state index in [9.17, 15) is 4.39 Å². The molecule has 0 bridgehead atoms. The molecular weight excluding hydrogens is 215 g/mol. The van der Waals surface area contributed by atoms with Crippen molar-refractivity contribution >= 4 is 0 Å². The lowest BCUT2D eigenvalue weighted by Crippen LogP contribution is -2.03. The number of benzene rings is 1. The lowest BCUT2D eigenvalue weighted by molar-refractivity contribution is 0.397. The van der Waals surface area contributed by atoms with Crippen molar-refractivity contribution in [2.75, 3.05) is 0 Å². The van der Waals surface area contributed by atoms with Crippen molar-refractivity contribution in [3.8, 4) is 5.75 Å². The number of rotatable bonds is 3. The highest BCUT2D eigenvalue weighted by Crippen LogP contribution is 2.26. The van der Waals surface area contributed by atoms with Crippen molar-refractivity contribution in [2.24, 2.45) is 5.92 Å². The minimum Gasteiger partial charge on any atom is -0.462 e. The van der Waals surface area contributed by atoms with Crippen LogP contribution in [0.5, 0.6) is 5.75 Å². The number of hydrogen-bond acceptors (Lipinski definition) is 1. The van der Waals surface area contributed by atoms with E-state index in [-0.39, 0.29) is 5.82 Å². The molecule has 0 unspecified atom stereocenters. The van der Waals surface area contributed by atoms with Crippen LogP contribution in [0.15, 0.2) is 47.7 Å². The molecule has 90 valence electrons. The van der Waals surface area contributed by atoms with Gasteiger partial charge in [-0.1, -0.05) is 25.5 Å². The molecule has 17 heavy (non-hydrogen) atoms. The molecule has 0 spiro atoms. The molecule has 0 aromatic heterocycles. The Kier molecular flexibility index (Phi) is 3.62. The molecule has 1 aromatic carbocycles. The van der Waals surface area contributed by atoms with Crippen molar-refractivity contribution in [3.05, 3.63) is 53.6 Å². The third kappa shape index (κ3) is 3.19. The normalized spacial score (nSPS) is 15.5. The van der Waals surface area contributed by atoms with Gasteiger partial charge >= 0.3 is 0 Å². The van der Waals surface area contributed by atoms with Crippen molar-refractivity contribution in [2.45, 2.75) is 26.7 Å².